The molecule has 1 N–H and O–H groups in total. The lowest BCUT2D eigenvalue weighted by Crippen LogP contribution is -2.14. The molecular weight excluding hydrogens is 316 g/mol. The number of nitrogens with zero attached hydrogens (tertiary/aromatic N) is 2. The Morgan fingerprint density at radius 1 is 1.16 bits per heavy atom. The van der Waals surface area contributed by atoms with Gasteiger partial charge in [-0.2, -0.15) is 0 Å². The summed E-state index contributed by atoms with van der Waals surface area (Å²) in [5, 5.41) is 0.0112. The minimum absolute atomic E-state index is 0.000485. The molecule has 0 aliphatic carbocycles. The highest BCUT2D eigenvalue weighted by Gasteiger charge is 2.17. The van der Waals surface area contributed by atoms with Crippen molar-refractivity contribution in [2.24, 2.45) is 0 Å². The van der Waals surface area contributed by atoms with Crippen molar-refractivity contribution in [1.82, 2.24) is 9.97 Å². The third-order valence-electron chi connectivity index (χ3n) is 2.05. The van der Waals surface area contributed by atoms with Gasteiger partial charge in [-0.1, -0.05) is 23.2 Å². The molecule has 100 valence electrons. The Balaban J connectivity index is 2.32. The van der Waals surface area contributed by atoms with E-state index in [-0.39, 0.29) is 20.9 Å². The lowest BCUT2D eigenvalue weighted by molar-refractivity contribution is 0.600. The summed E-state index contributed by atoms with van der Waals surface area (Å²) in [5.41, 5.74) is 0. The van der Waals surface area contributed by atoms with E-state index >= 15 is 0 Å². The molecule has 5 nitrogen and oxygen atoms in total. The Morgan fingerprint density at radius 3 is 2.47 bits per heavy atom. The smallest absolute Gasteiger partial charge is 0.263 e. The van der Waals surface area contributed by atoms with Crippen LogP contribution >= 0.6 is 23.2 Å². The van der Waals surface area contributed by atoms with E-state index in [1.807, 2.05) is 0 Å². The summed E-state index contributed by atoms with van der Waals surface area (Å²) in [4.78, 5) is 7.05. The van der Waals surface area contributed by atoms with Crippen molar-refractivity contribution in [3.05, 3.63) is 46.6 Å². The second kappa shape index (κ2) is 5.28. The molecule has 0 amide bonds. The SMILES string of the molecule is O=S(=O)(Nc1ccc(F)cn1)c1cnc(Cl)c(Cl)c1. The molecule has 2 heterocycles. The van der Waals surface area contributed by atoms with E-state index < -0.39 is 15.8 Å². The normalized spacial score (nSPS) is 11.3. The second-order valence-corrected chi connectivity index (χ2v) is 5.86. The van der Waals surface area contributed by atoms with Crippen molar-refractivity contribution in [3.63, 3.8) is 0 Å². The first-order chi connectivity index (χ1) is 8.88. The van der Waals surface area contributed by atoms with Crippen molar-refractivity contribution in [3.8, 4) is 0 Å². The molecule has 0 aliphatic rings. The van der Waals surface area contributed by atoms with Crippen LogP contribution in [0.1, 0.15) is 0 Å². The summed E-state index contributed by atoms with van der Waals surface area (Å²) >= 11 is 11.3. The minimum atomic E-state index is -3.91. The van der Waals surface area contributed by atoms with E-state index in [1.165, 1.54) is 6.07 Å². The summed E-state index contributed by atoms with van der Waals surface area (Å²) in [6, 6.07) is 3.43. The van der Waals surface area contributed by atoms with E-state index in [9.17, 15) is 12.8 Å². The summed E-state index contributed by atoms with van der Waals surface area (Å²) in [6.45, 7) is 0. The Kier molecular flexibility index (Phi) is 3.88. The molecule has 2 aromatic heterocycles. The van der Waals surface area contributed by atoms with Gasteiger partial charge in [0, 0.05) is 6.20 Å². The number of aromatic nitrogens is 2. The maximum absolute atomic E-state index is 12.7. The predicted molar refractivity (Wildman–Crippen MR) is 69.3 cm³/mol. The number of anilines is 1. The van der Waals surface area contributed by atoms with Crippen LogP contribution in [0.25, 0.3) is 0 Å². The average Bonchev–Trinajstić information content (AvgIpc) is 2.35. The topological polar surface area (TPSA) is 72.0 Å². The van der Waals surface area contributed by atoms with Crippen LogP contribution in [0.15, 0.2) is 35.5 Å². The van der Waals surface area contributed by atoms with Gasteiger partial charge in [0.15, 0.2) is 0 Å². The molecule has 19 heavy (non-hydrogen) atoms. The van der Waals surface area contributed by atoms with Gasteiger partial charge in [0.1, 0.15) is 21.7 Å². The summed E-state index contributed by atoms with van der Waals surface area (Å²) in [5.74, 6) is -0.591. The fourth-order valence-corrected chi connectivity index (χ4v) is 2.50. The van der Waals surface area contributed by atoms with E-state index in [0.29, 0.717) is 0 Å². The molecular formula is C10H6Cl2FN3O2S. The van der Waals surface area contributed by atoms with Crippen LogP contribution in [0.2, 0.25) is 10.2 Å². The predicted octanol–water partition coefficient (Wildman–Crippen LogP) is 2.72. The highest BCUT2D eigenvalue weighted by atomic mass is 35.5. The van der Waals surface area contributed by atoms with Crippen LogP contribution in [-0.4, -0.2) is 18.4 Å². The minimum Gasteiger partial charge on any atom is -0.263 e. The lowest BCUT2D eigenvalue weighted by atomic mass is 10.5. The zero-order valence-corrected chi connectivity index (χ0v) is 11.5. The first-order valence-corrected chi connectivity index (χ1v) is 7.08. The third-order valence-corrected chi connectivity index (χ3v) is 4.06. The van der Waals surface area contributed by atoms with Gasteiger partial charge in [-0.25, -0.2) is 22.8 Å². The highest BCUT2D eigenvalue weighted by Crippen LogP contribution is 2.23. The quantitative estimate of drug-likeness (QED) is 0.882. The maximum Gasteiger partial charge on any atom is 0.264 e. The summed E-state index contributed by atoms with van der Waals surface area (Å²) in [6.07, 6.45) is 1.95. The first kappa shape index (κ1) is 14.0. The zero-order chi connectivity index (χ0) is 14.0. The van der Waals surface area contributed by atoms with E-state index in [2.05, 4.69) is 14.7 Å². The monoisotopic (exact) mass is 321 g/mol. The average molecular weight is 322 g/mol. The van der Waals surface area contributed by atoms with Gasteiger partial charge in [0.05, 0.1) is 11.2 Å². The van der Waals surface area contributed by atoms with Crippen LogP contribution in [-0.2, 0) is 10.0 Å². The molecule has 0 aromatic carbocycles. The molecule has 0 fully saturated rings. The van der Waals surface area contributed by atoms with Crippen molar-refractivity contribution < 1.29 is 12.8 Å². The van der Waals surface area contributed by atoms with Gasteiger partial charge in [0.2, 0.25) is 0 Å². The third kappa shape index (κ3) is 3.31. The van der Waals surface area contributed by atoms with Crippen LogP contribution in [0.5, 0.6) is 0 Å². The number of rotatable bonds is 3. The van der Waals surface area contributed by atoms with E-state index in [4.69, 9.17) is 23.2 Å². The van der Waals surface area contributed by atoms with Crippen molar-refractivity contribution in [1.29, 1.82) is 0 Å². The largest absolute Gasteiger partial charge is 0.264 e. The van der Waals surface area contributed by atoms with E-state index in [0.717, 1.165) is 24.5 Å². The first-order valence-electron chi connectivity index (χ1n) is 4.84. The molecule has 0 radical (unpaired) electrons. The van der Waals surface area contributed by atoms with Crippen molar-refractivity contribution >= 4 is 39.0 Å². The van der Waals surface area contributed by atoms with Crippen LogP contribution in [0.3, 0.4) is 0 Å². The maximum atomic E-state index is 12.7. The molecule has 9 heteroatoms. The molecule has 0 saturated carbocycles. The Bertz CT molecular complexity index is 707. The fraction of sp³-hybridized carbons (Fsp3) is 0. The molecule has 0 spiro atoms. The number of halogens is 3. The fourth-order valence-electron chi connectivity index (χ4n) is 1.18. The molecule has 0 unspecified atom stereocenters. The number of pyridine rings is 2. The van der Waals surface area contributed by atoms with Crippen LogP contribution < -0.4 is 4.72 Å². The zero-order valence-electron chi connectivity index (χ0n) is 9.14. The van der Waals surface area contributed by atoms with Gasteiger partial charge in [0.25, 0.3) is 10.0 Å². The van der Waals surface area contributed by atoms with Gasteiger partial charge in [-0.05, 0) is 18.2 Å². The molecule has 0 bridgehead atoms. The molecule has 2 aromatic rings. The molecule has 0 atom stereocenters. The molecule has 0 saturated heterocycles. The lowest BCUT2D eigenvalue weighted by Gasteiger charge is -2.07. The highest BCUT2D eigenvalue weighted by molar-refractivity contribution is 7.92. The summed E-state index contributed by atoms with van der Waals surface area (Å²) in [7, 11) is -3.91. The number of hydrogen-bond acceptors (Lipinski definition) is 4. The Morgan fingerprint density at radius 2 is 1.89 bits per heavy atom. The van der Waals surface area contributed by atoms with Gasteiger partial charge in [-0.3, -0.25) is 4.72 Å². The number of hydrogen-bond donors (Lipinski definition) is 1. The standard InChI is InChI=1S/C10H6Cl2FN3O2S/c11-8-3-7(5-15-10(8)12)19(17,18)16-9-2-1-6(13)4-14-9/h1-5H,(H,14,16). The van der Waals surface area contributed by atoms with Crippen LogP contribution in [0.4, 0.5) is 10.2 Å². The number of nitrogens with one attached hydrogen (secondary N) is 1. The van der Waals surface area contributed by atoms with Gasteiger partial charge in [-0.15, -0.1) is 0 Å². The summed E-state index contributed by atoms with van der Waals surface area (Å²) < 4.78 is 38.7. The molecule has 2 rings (SSSR count). The second-order valence-electron chi connectivity index (χ2n) is 3.41. The van der Waals surface area contributed by atoms with Gasteiger partial charge >= 0.3 is 0 Å². The Labute approximate surface area is 118 Å². The van der Waals surface area contributed by atoms with Crippen molar-refractivity contribution in [2.45, 2.75) is 4.90 Å². The molecule has 0 aliphatic heterocycles. The van der Waals surface area contributed by atoms with E-state index in [1.54, 1.807) is 0 Å². The van der Waals surface area contributed by atoms with Gasteiger partial charge < -0.3 is 0 Å². The van der Waals surface area contributed by atoms with Crippen LogP contribution in [0, 0.1) is 5.82 Å². The number of sulfonamides is 1. The van der Waals surface area contributed by atoms with Crippen molar-refractivity contribution in [2.75, 3.05) is 4.72 Å². The Hall–Kier alpha value is -1.44.